The summed E-state index contributed by atoms with van der Waals surface area (Å²) in [7, 11) is 0. The van der Waals surface area contributed by atoms with Gasteiger partial charge in [0.05, 0.1) is 35.8 Å². The first-order chi connectivity index (χ1) is 22.5. The van der Waals surface area contributed by atoms with E-state index in [0.717, 1.165) is 72.6 Å². The van der Waals surface area contributed by atoms with E-state index < -0.39 is 5.97 Å². The van der Waals surface area contributed by atoms with Gasteiger partial charge in [0.25, 0.3) is 0 Å². The second-order valence-corrected chi connectivity index (χ2v) is 12.1. The number of pyridine rings is 2. The molecule has 236 valence electrons. The monoisotopic (exact) mass is 621 g/mol. The zero-order chi connectivity index (χ0) is 31.5. The number of hydrogen-bond acceptors (Lipinski definition) is 7. The van der Waals surface area contributed by atoms with Gasteiger partial charge in [-0.3, -0.25) is 9.88 Å². The number of likely N-dealkylation sites (tertiary alicyclic amines) is 1. The van der Waals surface area contributed by atoms with Crippen LogP contribution in [0.3, 0.4) is 0 Å². The van der Waals surface area contributed by atoms with Gasteiger partial charge in [-0.25, -0.2) is 19.2 Å². The van der Waals surface area contributed by atoms with E-state index in [1.807, 2.05) is 36.4 Å². The van der Waals surface area contributed by atoms with E-state index in [-0.39, 0.29) is 24.1 Å². The van der Waals surface area contributed by atoms with Gasteiger partial charge in [-0.2, -0.15) is 0 Å². The molecule has 2 aliphatic rings. The summed E-state index contributed by atoms with van der Waals surface area (Å²) >= 11 is 0. The number of nitrogens with zero attached hydrogens (tertiary/aromatic N) is 5. The first kappa shape index (κ1) is 30.0. The minimum absolute atomic E-state index is 0.106. The van der Waals surface area contributed by atoms with Crippen molar-refractivity contribution in [3.63, 3.8) is 0 Å². The number of fused-ring (bicyclic) bond motifs is 1. The van der Waals surface area contributed by atoms with E-state index in [4.69, 9.17) is 19.4 Å². The number of aromatic nitrogens is 4. The minimum atomic E-state index is -0.945. The smallest absolute Gasteiger partial charge is 0.335 e. The van der Waals surface area contributed by atoms with Crippen LogP contribution in [0.1, 0.15) is 63.7 Å². The van der Waals surface area contributed by atoms with E-state index >= 15 is 0 Å². The molecule has 10 heteroatoms. The fraction of sp³-hybridized carbons (Fsp3) is 0.333. The van der Waals surface area contributed by atoms with Gasteiger partial charge in [-0.15, -0.1) is 0 Å². The fourth-order valence-electron chi connectivity index (χ4n) is 6.30. The molecule has 7 rings (SSSR count). The maximum atomic E-state index is 14.9. The average Bonchev–Trinajstić information content (AvgIpc) is 3.39. The molecular formula is C36H36FN5O4. The summed E-state index contributed by atoms with van der Waals surface area (Å²) in [6.07, 6.45) is 7.15. The lowest BCUT2D eigenvalue weighted by Crippen LogP contribution is -2.35. The molecular weight excluding hydrogens is 585 g/mol. The summed E-state index contributed by atoms with van der Waals surface area (Å²) in [5.74, 6) is 0.480. The number of imidazole rings is 1. The Labute approximate surface area is 266 Å². The Morgan fingerprint density at radius 3 is 2.61 bits per heavy atom. The Morgan fingerprint density at radius 2 is 1.87 bits per heavy atom. The molecule has 5 heterocycles. The van der Waals surface area contributed by atoms with Crippen LogP contribution in [-0.2, 0) is 30.9 Å². The van der Waals surface area contributed by atoms with E-state index in [1.54, 1.807) is 42.7 Å². The Morgan fingerprint density at radius 1 is 1.00 bits per heavy atom. The molecule has 46 heavy (non-hydrogen) atoms. The molecule has 0 amide bonds. The molecule has 2 aromatic carbocycles. The normalized spacial score (nSPS) is 17.2. The number of piperidine rings is 1. The number of carboxylic acids is 1. The van der Waals surface area contributed by atoms with Crippen molar-refractivity contribution in [2.75, 3.05) is 19.7 Å². The third kappa shape index (κ3) is 6.78. The first-order valence-corrected chi connectivity index (χ1v) is 15.8. The fourth-order valence-corrected chi connectivity index (χ4v) is 6.30. The van der Waals surface area contributed by atoms with Crippen molar-refractivity contribution in [3.05, 3.63) is 119 Å². The van der Waals surface area contributed by atoms with Crippen LogP contribution in [0.5, 0.6) is 5.88 Å². The average molecular weight is 622 g/mol. The summed E-state index contributed by atoms with van der Waals surface area (Å²) < 4.78 is 28.7. The lowest BCUT2D eigenvalue weighted by Gasteiger charge is -2.32. The zero-order valence-electron chi connectivity index (χ0n) is 25.5. The van der Waals surface area contributed by atoms with Gasteiger partial charge in [0, 0.05) is 42.2 Å². The van der Waals surface area contributed by atoms with Gasteiger partial charge in [0.15, 0.2) is 0 Å². The molecule has 5 aromatic rings. The molecule has 1 atom stereocenters. The molecule has 3 aromatic heterocycles. The molecule has 2 fully saturated rings. The van der Waals surface area contributed by atoms with Crippen LogP contribution in [0.2, 0.25) is 0 Å². The lowest BCUT2D eigenvalue weighted by atomic mass is 9.93. The highest BCUT2D eigenvalue weighted by Crippen LogP contribution is 2.30. The van der Waals surface area contributed by atoms with Gasteiger partial charge in [-0.05, 0) is 86.3 Å². The molecule has 0 unspecified atom stereocenters. The number of aromatic carboxylic acids is 1. The van der Waals surface area contributed by atoms with Crippen molar-refractivity contribution in [1.29, 1.82) is 0 Å². The number of benzene rings is 2. The van der Waals surface area contributed by atoms with Gasteiger partial charge in [-0.1, -0.05) is 24.3 Å². The Kier molecular flexibility index (Phi) is 8.72. The summed E-state index contributed by atoms with van der Waals surface area (Å²) in [6, 6.07) is 20.1. The van der Waals surface area contributed by atoms with Crippen molar-refractivity contribution in [2.45, 2.75) is 57.4 Å². The topological polar surface area (TPSA) is 103 Å². The molecule has 0 radical (unpaired) electrons. The molecule has 2 saturated heterocycles. The Hall–Kier alpha value is -4.67. The quantitative estimate of drug-likeness (QED) is 0.192. The highest BCUT2D eigenvalue weighted by Gasteiger charge is 2.26. The summed E-state index contributed by atoms with van der Waals surface area (Å²) in [6.45, 7) is 3.99. The predicted octanol–water partition coefficient (Wildman–Crippen LogP) is 6.00. The largest absolute Gasteiger partial charge is 0.478 e. The lowest BCUT2D eigenvalue weighted by molar-refractivity contribution is -0.0592. The van der Waals surface area contributed by atoms with Gasteiger partial charge in [0.1, 0.15) is 18.2 Å². The van der Waals surface area contributed by atoms with Gasteiger partial charge < -0.3 is 19.1 Å². The highest BCUT2D eigenvalue weighted by molar-refractivity contribution is 5.92. The van der Waals surface area contributed by atoms with Crippen LogP contribution >= 0.6 is 0 Å². The predicted molar refractivity (Wildman–Crippen MR) is 170 cm³/mol. The van der Waals surface area contributed by atoms with Gasteiger partial charge >= 0.3 is 5.97 Å². The van der Waals surface area contributed by atoms with Crippen LogP contribution in [0, 0.1) is 5.82 Å². The third-order valence-electron chi connectivity index (χ3n) is 8.99. The first-order valence-electron chi connectivity index (χ1n) is 15.8. The SMILES string of the molecule is O=C(O)c1ccc2nc(CN3CCC(c4cccc(OCc5ccc(Cc6cccnc6)cc5F)n4)CC3)n(C[C@@H]3CCO3)c2c1. The van der Waals surface area contributed by atoms with E-state index in [2.05, 4.69) is 14.5 Å². The van der Waals surface area contributed by atoms with Crippen molar-refractivity contribution in [2.24, 2.45) is 0 Å². The van der Waals surface area contributed by atoms with Crippen LogP contribution in [0.25, 0.3) is 11.0 Å². The zero-order valence-corrected chi connectivity index (χ0v) is 25.5. The molecule has 9 nitrogen and oxygen atoms in total. The number of carbonyl (C=O) groups is 1. The van der Waals surface area contributed by atoms with Crippen molar-refractivity contribution < 1.29 is 23.8 Å². The number of rotatable bonds is 11. The van der Waals surface area contributed by atoms with Crippen LogP contribution < -0.4 is 4.74 Å². The van der Waals surface area contributed by atoms with Crippen molar-refractivity contribution >= 4 is 17.0 Å². The number of hydrogen-bond donors (Lipinski definition) is 1. The maximum Gasteiger partial charge on any atom is 0.335 e. The van der Waals surface area contributed by atoms with E-state index in [9.17, 15) is 14.3 Å². The summed E-state index contributed by atoms with van der Waals surface area (Å²) in [5, 5.41) is 9.53. The number of ether oxygens (including phenoxy) is 2. The van der Waals surface area contributed by atoms with Crippen molar-refractivity contribution in [3.8, 4) is 5.88 Å². The summed E-state index contributed by atoms with van der Waals surface area (Å²) in [4.78, 5) is 27.8. The standard InChI is InChI=1S/C36H36FN5O4/c37-30-18-24(17-25-3-2-13-38-20-25)6-7-28(30)23-46-35-5-1-4-31(40-35)26-10-14-41(15-11-26)22-34-39-32-9-8-27(36(43)44)19-33(32)42(34)21-29-12-16-45-29/h1-9,13,18-20,26,29H,10-12,14-17,21-23H2,(H,43,44)/t29-/m0/s1. The van der Waals surface area contributed by atoms with Crippen molar-refractivity contribution in [1.82, 2.24) is 24.4 Å². The molecule has 0 saturated carbocycles. The van der Waals surface area contributed by atoms with Gasteiger partial charge in [0.2, 0.25) is 5.88 Å². The molecule has 0 aliphatic carbocycles. The minimum Gasteiger partial charge on any atom is -0.478 e. The Balaban J connectivity index is 0.965. The number of carboxylic acid groups (broad SMARTS) is 1. The Bertz CT molecular complexity index is 1830. The maximum absolute atomic E-state index is 14.9. The van der Waals surface area contributed by atoms with Crippen LogP contribution in [0.4, 0.5) is 4.39 Å². The van der Waals surface area contributed by atoms with E-state index in [0.29, 0.717) is 36.9 Å². The molecule has 2 aliphatic heterocycles. The number of halogens is 1. The third-order valence-corrected chi connectivity index (χ3v) is 8.99. The highest BCUT2D eigenvalue weighted by atomic mass is 19.1. The summed E-state index contributed by atoms with van der Waals surface area (Å²) in [5.41, 5.74) is 5.29. The molecule has 1 N–H and O–H groups in total. The van der Waals surface area contributed by atoms with E-state index in [1.165, 1.54) is 0 Å². The second kappa shape index (κ2) is 13.4. The van der Waals surface area contributed by atoms with Crippen LogP contribution in [-0.4, -0.2) is 61.3 Å². The van der Waals surface area contributed by atoms with Crippen LogP contribution in [0.15, 0.2) is 79.1 Å². The second-order valence-electron chi connectivity index (χ2n) is 12.1. The molecule has 0 bridgehead atoms. The molecule has 0 spiro atoms.